The Morgan fingerprint density at radius 2 is 1.35 bits per heavy atom. The van der Waals surface area contributed by atoms with E-state index in [2.05, 4.69) is 50.2 Å². The van der Waals surface area contributed by atoms with Gasteiger partial charge in [-0.15, -0.1) is 0 Å². The van der Waals surface area contributed by atoms with Crippen molar-refractivity contribution in [3.63, 3.8) is 0 Å². The predicted molar refractivity (Wildman–Crippen MR) is 71.1 cm³/mol. The first-order valence-electron chi connectivity index (χ1n) is 5.84. The van der Waals surface area contributed by atoms with E-state index in [1.54, 1.807) is 7.11 Å². The first-order valence-corrected chi connectivity index (χ1v) is 5.84. The maximum Gasteiger partial charge on any atom is 0.115 e. The van der Waals surface area contributed by atoms with Gasteiger partial charge in [0.2, 0.25) is 0 Å². The normalized spacial score (nSPS) is 14.3. The lowest BCUT2D eigenvalue weighted by molar-refractivity contribution is 0.0391. The maximum absolute atomic E-state index is 5.75. The van der Waals surface area contributed by atoms with Crippen LogP contribution in [-0.2, 0) is 10.3 Å². The molecule has 0 N–H and O–H groups in total. The molecular formula is C16H18O. The Labute approximate surface area is 103 Å². The van der Waals surface area contributed by atoms with E-state index in [1.165, 1.54) is 16.7 Å². The molecule has 0 aromatic heterocycles. The topological polar surface area (TPSA) is 9.23 Å². The SMILES string of the molecule is COC(C)(c1ccccc1)c1ccc(C)cc1. The van der Waals surface area contributed by atoms with Gasteiger partial charge in [-0.25, -0.2) is 0 Å². The van der Waals surface area contributed by atoms with Crippen LogP contribution in [0, 0.1) is 6.92 Å². The van der Waals surface area contributed by atoms with Gasteiger partial charge in [-0.1, -0.05) is 60.2 Å². The van der Waals surface area contributed by atoms with Gasteiger partial charge in [0, 0.05) is 7.11 Å². The number of benzene rings is 2. The molecule has 88 valence electrons. The zero-order valence-electron chi connectivity index (χ0n) is 10.6. The van der Waals surface area contributed by atoms with Crippen LogP contribution in [-0.4, -0.2) is 7.11 Å². The quantitative estimate of drug-likeness (QED) is 0.771. The molecule has 2 aromatic carbocycles. The lowest BCUT2D eigenvalue weighted by Gasteiger charge is -2.29. The Kier molecular flexibility index (Phi) is 3.30. The van der Waals surface area contributed by atoms with Crippen LogP contribution >= 0.6 is 0 Å². The minimum Gasteiger partial charge on any atom is -0.369 e. The smallest absolute Gasteiger partial charge is 0.115 e. The van der Waals surface area contributed by atoms with Crippen LogP contribution in [0.25, 0.3) is 0 Å². The molecule has 1 unspecified atom stereocenters. The van der Waals surface area contributed by atoms with E-state index < -0.39 is 0 Å². The average molecular weight is 226 g/mol. The summed E-state index contributed by atoms with van der Waals surface area (Å²) in [6.45, 7) is 4.20. The van der Waals surface area contributed by atoms with Gasteiger partial charge in [-0.2, -0.15) is 0 Å². The minimum absolute atomic E-state index is 0.380. The van der Waals surface area contributed by atoms with Crippen molar-refractivity contribution in [3.8, 4) is 0 Å². The summed E-state index contributed by atoms with van der Waals surface area (Å²) in [6, 6.07) is 18.8. The molecule has 0 fully saturated rings. The standard InChI is InChI=1S/C16H18O/c1-13-9-11-15(12-10-13)16(2,17-3)14-7-5-4-6-8-14/h4-12H,1-3H3. The molecule has 0 aliphatic carbocycles. The Morgan fingerprint density at radius 3 is 1.88 bits per heavy atom. The molecule has 2 aromatic rings. The first kappa shape index (κ1) is 11.9. The van der Waals surface area contributed by atoms with Gasteiger partial charge in [-0.05, 0) is 25.0 Å². The number of methoxy groups -OCH3 is 1. The van der Waals surface area contributed by atoms with Crippen molar-refractivity contribution < 1.29 is 4.74 Å². The number of rotatable bonds is 3. The molecule has 2 rings (SSSR count). The van der Waals surface area contributed by atoms with Crippen molar-refractivity contribution in [2.24, 2.45) is 0 Å². The van der Waals surface area contributed by atoms with Crippen LogP contribution in [0.5, 0.6) is 0 Å². The molecule has 0 saturated heterocycles. The summed E-state index contributed by atoms with van der Waals surface area (Å²) < 4.78 is 5.75. The monoisotopic (exact) mass is 226 g/mol. The van der Waals surface area contributed by atoms with E-state index in [1.807, 2.05) is 18.2 Å². The summed E-state index contributed by atoms with van der Waals surface area (Å²) in [4.78, 5) is 0. The molecular weight excluding hydrogens is 208 g/mol. The van der Waals surface area contributed by atoms with Crippen molar-refractivity contribution in [1.82, 2.24) is 0 Å². The van der Waals surface area contributed by atoms with Crippen molar-refractivity contribution >= 4 is 0 Å². The largest absolute Gasteiger partial charge is 0.369 e. The van der Waals surface area contributed by atoms with Crippen LogP contribution in [0.2, 0.25) is 0 Å². The van der Waals surface area contributed by atoms with Crippen molar-refractivity contribution in [3.05, 3.63) is 71.3 Å². The van der Waals surface area contributed by atoms with Crippen molar-refractivity contribution in [2.45, 2.75) is 19.4 Å². The highest BCUT2D eigenvalue weighted by molar-refractivity contribution is 5.36. The Morgan fingerprint density at radius 1 is 0.824 bits per heavy atom. The highest BCUT2D eigenvalue weighted by atomic mass is 16.5. The molecule has 0 bridgehead atoms. The lowest BCUT2D eigenvalue weighted by Crippen LogP contribution is -2.25. The predicted octanol–water partition coefficient (Wildman–Crippen LogP) is 3.90. The molecule has 0 saturated carbocycles. The summed E-state index contributed by atoms with van der Waals surface area (Å²) >= 11 is 0. The second-order valence-corrected chi connectivity index (χ2v) is 4.47. The highest BCUT2D eigenvalue weighted by Gasteiger charge is 2.27. The summed E-state index contributed by atoms with van der Waals surface area (Å²) in [5, 5.41) is 0. The maximum atomic E-state index is 5.75. The summed E-state index contributed by atoms with van der Waals surface area (Å²) in [5.41, 5.74) is 3.23. The minimum atomic E-state index is -0.380. The Hall–Kier alpha value is -1.60. The van der Waals surface area contributed by atoms with E-state index in [-0.39, 0.29) is 5.60 Å². The van der Waals surface area contributed by atoms with Gasteiger partial charge in [0.1, 0.15) is 5.60 Å². The van der Waals surface area contributed by atoms with Crippen LogP contribution in [0.15, 0.2) is 54.6 Å². The van der Waals surface area contributed by atoms with Crippen LogP contribution in [0.3, 0.4) is 0 Å². The third kappa shape index (κ3) is 2.25. The fourth-order valence-electron chi connectivity index (χ4n) is 2.03. The van der Waals surface area contributed by atoms with E-state index in [0.29, 0.717) is 0 Å². The first-order chi connectivity index (χ1) is 8.16. The zero-order chi connectivity index (χ0) is 12.3. The number of hydrogen-bond donors (Lipinski definition) is 0. The number of ether oxygens (including phenoxy) is 1. The second kappa shape index (κ2) is 4.72. The molecule has 0 radical (unpaired) electrons. The molecule has 17 heavy (non-hydrogen) atoms. The summed E-state index contributed by atoms with van der Waals surface area (Å²) in [6.07, 6.45) is 0. The molecule has 1 heteroatoms. The average Bonchev–Trinajstić information content (AvgIpc) is 2.40. The van der Waals surface area contributed by atoms with E-state index in [9.17, 15) is 0 Å². The third-order valence-corrected chi connectivity index (χ3v) is 3.34. The van der Waals surface area contributed by atoms with Crippen molar-refractivity contribution in [1.29, 1.82) is 0 Å². The lowest BCUT2D eigenvalue weighted by atomic mass is 9.87. The Bertz CT molecular complexity index is 473. The van der Waals surface area contributed by atoms with E-state index >= 15 is 0 Å². The molecule has 0 aliphatic heterocycles. The highest BCUT2D eigenvalue weighted by Crippen LogP contribution is 2.32. The summed E-state index contributed by atoms with van der Waals surface area (Å²) in [5.74, 6) is 0. The van der Waals surface area contributed by atoms with Gasteiger partial charge in [0.25, 0.3) is 0 Å². The second-order valence-electron chi connectivity index (χ2n) is 4.47. The molecule has 0 spiro atoms. The van der Waals surface area contributed by atoms with E-state index in [0.717, 1.165) is 0 Å². The van der Waals surface area contributed by atoms with Crippen LogP contribution in [0.4, 0.5) is 0 Å². The van der Waals surface area contributed by atoms with Crippen LogP contribution < -0.4 is 0 Å². The molecule has 1 nitrogen and oxygen atoms in total. The summed E-state index contributed by atoms with van der Waals surface area (Å²) in [7, 11) is 1.76. The molecule has 0 amide bonds. The zero-order valence-corrected chi connectivity index (χ0v) is 10.6. The molecule has 0 aliphatic rings. The Balaban J connectivity index is 2.48. The fraction of sp³-hybridized carbons (Fsp3) is 0.250. The van der Waals surface area contributed by atoms with Gasteiger partial charge in [0.15, 0.2) is 0 Å². The van der Waals surface area contributed by atoms with Gasteiger partial charge in [0.05, 0.1) is 0 Å². The van der Waals surface area contributed by atoms with Crippen molar-refractivity contribution in [2.75, 3.05) is 7.11 Å². The van der Waals surface area contributed by atoms with E-state index in [4.69, 9.17) is 4.74 Å². The van der Waals surface area contributed by atoms with Crippen LogP contribution in [0.1, 0.15) is 23.6 Å². The van der Waals surface area contributed by atoms with Gasteiger partial charge >= 0.3 is 0 Å². The van der Waals surface area contributed by atoms with Gasteiger partial charge < -0.3 is 4.74 Å². The number of aryl methyl sites for hydroxylation is 1. The van der Waals surface area contributed by atoms with Gasteiger partial charge in [-0.3, -0.25) is 0 Å². The number of hydrogen-bond acceptors (Lipinski definition) is 1. The molecule has 0 heterocycles. The molecule has 1 atom stereocenters. The fourth-order valence-corrected chi connectivity index (χ4v) is 2.03. The third-order valence-electron chi connectivity index (χ3n) is 3.34.